The van der Waals surface area contributed by atoms with Gasteiger partial charge in [0.15, 0.2) is 5.69 Å². The predicted octanol–water partition coefficient (Wildman–Crippen LogP) is 1.25. The van der Waals surface area contributed by atoms with Gasteiger partial charge in [-0.15, -0.1) is 0 Å². The Morgan fingerprint density at radius 2 is 1.68 bits per heavy atom. The van der Waals surface area contributed by atoms with Crippen LogP contribution in [0.1, 0.15) is 21.6 Å². The number of likely N-dealkylation sites (N-methyl/N-ethyl adjacent to an activating group) is 1. The summed E-state index contributed by atoms with van der Waals surface area (Å²) >= 11 is 0. The highest BCUT2D eigenvalue weighted by Gasteiger charge is 2.36. The smallest absolute Gasteiger partial charge is 0.275 e. The average Bonchev–Trinajstić information content (AvgIpc) is 2.74. The number of nitrogens with zero attached hydrogens (tertiary/aromatic N) is 3. The lowest BCUT2D eigenvalue weighted by atomic mass is 9.93. The second kappa shape index (κ2) is 6.92. The molecule has 1 aliphatic rings. The van der Waals surface area contributed by atoms with Crippen molar-refractivity contribution in [3.8, 4) is 0 Å². The van der Waals surface area contributed by atoms with E-state index in [1.807, 2.05) is 24.3 Å². The molecule has 28 heavy (non-hydrogen) atoms. The van der Waals surface area contributed by atoms with E-state index in [1.54, 1.807) is 36.2 Å². The van der Waals surface area contributed by atoms with Crippen LogP contribution in [-0.4, -0.2) is 39.6 Å². The highest BCUT2D eigenvalue weighted by molar-refractivity contribution is 6.06. The van der Waals surface area contributed by atoms with Crippen LogP contribution in [-0.2, 0) is 24.8 Å². The van der Waals surface area contributed by atoms with E-state index in [-0.39, 0.29) is 23.1 Å². The standard InChI is InChI=1S/C21H20N4O3/c1-22-19(26)17-11-13-7-3-4-8-14(13)12-25(17)21(28)18-15-9-5-6-10-16(15)20(27)24(2)23-18/h3-10,17H,11-12H2,1-2H3,(H,22,26)/t17-/m0/s1. The summed E-state index contributed by atoms with van der Waals surface area (Å²) in [5.41, 5.74) is 1.97. The van der Waals surface area contributed by atoms with Crippen LogP contribution in [0.3, 0.4) is 0 Å². The number of hydrogen-bond donors (Lipinski definition) is 1. The summed E-state index contributed by atoms with van der Waals surface area (Å²) in [6.07, 6.45) is 0.436. The minimum absolute atomic E-state index is 0.172. The van der Waals surface area contributed by atoms with Gasteiger partial charge >= 0.3 is 0 Å². The molecule has 0 bridgehead atoms. The van der Waals surface area contributed by atoms with E-state index in [0.717, 1.165) is 11.1 Å². The maximum absolute atomic E-state index is 13.5. The van der Waals surface area contributed by atoms with E-state index < -0.39 is 6.04 Å². The number of aryl methyl sites for hydroxylation is 1. The number of carbonyl (C=O) groups is 2. The molecule has 4 rings (SSSR count). The molecule has 142 valence electrons. The average molecular weight is 376 g/mol. The van der Waals surface area contributed by atoms with Gasteiger partial charge in [0.05, 0.1) is 5.39 Å². The van der Waals surface area contributed by atoms with Crippen molar-refractivity contribution in [1.29, 1.82) is 0 Å². The molecule has 3 aromatic rings. The molecule has 0 saturated carbocycles. The summed E-state index contributed by atoms with van der Waals surface area (Å²) in [4.78, 5) is 39.9. The highest BCUT2D eigenvalue weighted by Crippen LogP contribution is 2.26. The normalized spacial score (nSPS) is 15.9. The molecule has 2 amide bonds. The maximum atomic E-state index is 13.5. The predicted molar refractivity (Wildman–Crippen MR) is 105 cm³/mol. The Morgan fingerprint density at radius 3 is 2.39 bits per heavy atom. The number of amides is 2. The van der Waals surface area contributed by atoms with Crippen molar-refractivity contribution in [2.75, 3.05) is 7.05 Å². The molecule has 0 unspecified atom stereocenters. The van der Waals surface area contributed by atoms with E-state index >= 15 is 0 Å². The Kier molecular flexibility index (Phi) is 4.43. The minimum atomic E-state index is -0.634. The zero-order valence-corrected chi connectivity index (χ0v) is 15.7. The fraction of sp³-hybridized carbons (Fsp3) is 0.238. The summed E-state index contributed by atoms with van der Waals surface area (Å²) in [6.45, 7) is 0.311. The minimum Gasteiger partial charge on any atom is -0.357 e. The Hall–Kier alpha value is -3.48. The first kappa shape index (κ1) is 17.9. The van der Waals surface area contributed by atoms with Gasteiger partial charge in [-0.1, -0.05) is 42.5 Å². The quantitative estimate of drug-likeness (QED) is 0.730. The van der Waals surface area contributed by atoms with Gasteiger partial charge in [-0.3, -0.25) is 14.4 Å². The summed E-state index contributed by atoms with van der Waals surface area (Å²) in [5, 5.41) is 7.80. The van der Waals surface area contributed by atoms with Crippen LogP contribution >= 0.6 is 0 Å². The number of hydrogen-bond acceptors (Lipinski definition) is 4. The van der Waals surface area contributed by atoms with Gasteiger partial charge in [-0.25, -0.2) is 4.68 Å². The first-order chi connectivity index (χ1) is 13.5. The highest BCUT2D eigenvalue weighted by atomic mass is 16.2. The van der Waals surface area contributed by atoms with E-state index in [2.05, 4.69) is 10.4 Å². The summed E-state index contributed by atoms with van der Waals surface area (Å²) in [6, 6.07) is 14.1. The topological polar surface area (TPSA) is 84.3 Å². The summed E-state index contributed by atoms with van der Waals surface area (Å²) in [7, 11) is 3.08. The van der Waals surface area contributed by atoms with Crippen molar-refractivity contribution in [3.05, 3.63) is 75.7 Å². The molecule has 0 radical (unpaired) electrons. The molecule has 1 aromatic heterocycles. The third-order valence-corrected chi connectivity index (χ3v) is 5.22. The largest absolute Gasteiger partial charge is 0.357 e. The van der Waals surface area contributed by atoms with Gasteiger partial charge in [0.2, 0.25) is 5.91 Å². The van der Waals surface area contributed by atoms with Crippen LogP contribution in [0.4, 0.5) is 0 Å². The first-order valence-electron chi connectivity index (χ1n) is 9.06. The second-order valence-electron chi connectivity index (χ2n) is 6.86. The van der Waals surface area contributed by atoms with Crippen molar-refractivity contribution in [2.45, 2.75) is 19.0 Å². The molecule has 1 atom stereocenters. The molecule has 0 aliphatic carbocycles. The maximum Gasteiger partial charge on any atom is 0.275 e. The van der Waals surface area contributed by atoms with Crippen LogP contribution < -0.4 is 10.9 Å². The Bertz CT molecular complexity index is 1150. The van der Waals surface area contributed by atoms with Crippen LogP contribution in [0.2, 0.25) is 0 Å². The van der Waals surface area contributed by atoms with Gasteiger partial charge in [-0.2, -0.15) is 5.10 Å². The third-order valence-electron chi connectivity index (χ3n) is 5.22. The lowest BCUT2D eigenvalue weighted by molar-refractivity contribution is -0.125. The number of carbonyl (C=O) groups excluding carboxylic acids is 2. The fourth-order valence-corrected chi connectivity index (χ4v) is 3.73. The lowest BCUT2D eigenvalue weighted by Crippen LogP contribution is -2.52. The van der Waals surface area contributed by atoms with Crippen molar-refractivity contribution < 1.29 is 9.59 Å². The summed E-state index contributed by atoms with van der Waals surface area (Å²) in [5.74, 6) is -0.591. The van der Waals surface area contributed by atoms with E-state index in [4.69, 9.17) is 0 Å². The number of rotatable bonds is 2. The van der Waals surface area contributed by atoms with Crippen LogP contribution in [0.25, 0.3) is 10.8 Å². The molecular formula is C21H20N4O3. The number of benzene rings is 2. The second-order valence-corrected chi connectivity index (χ2v) is 6.86. The van der Waals surface area contributed by atoms with Crippen LogP contribution in [0.15, 0.2) is 53.3 Å². The Labute approximate surface area is 161 Å². The van der Waals surface area contributed by atoms with Gasteiger partial charge in [-0.05, 0) is 17.2 Å². The van der Waals surface area contributed by atoms with Crippen molar-refractivity contribution >= 4 is 22.6 Å². The zero-order valence-electron chi connectivity index (χ0n) is 15.7. The zero-order chi connectivity index (χ0) is 19.8. The van der Waals surface area contributed by atoms with Crippen molar-refractivity contribution in [2.24, 2.45) is 7.05 Å². The van der Waals surface area contributed by atoms with E-state index in [0.29, 0.717) is 23.7 Å². The van der Waals surface area contributed by atoms with E-state index in [9.17, 15) is 14.4 Å². The SMILES string of the molecule is CNC(=O)[C@@H]1Cc2ccccc2CN1C(=O)c1nn(C)c(=O)c2ccccc12. The number of aromatic nitrogens is 2. The molecule has 7 nitrogen and oxygen atoms in total. The van der Waals surface area contributed by atoms with Crippen molar-refractivity contribution in [1.82, 2.24) is 20.0 Å². The first-order valence-corrected chi connectivity index (χ1v) is 9.06. The fourth-order valence-electron chi connectivity index (χ4n) is 3.73. The van der Waals surface area contributed by atoms with Gasteiger partial charge in [0.1, 0.15) is 6.04 Å². The third kappa shape index (κ3) is 2.85. The molecule has 0 spiro atoms. The Balaban J connectivity index is 1.84. The van der Waals surface area contributed by atoms with Crippen molar-refractivity contribution in [3.63, 3.8) is 0 Å². The molecule has 1 N–H and O–H groups in total. The monoisotopic (exact) mass is 376 g/mol. The van der Waals surface area contributed by atoms with Crippen LogP contribution in [0, 0.1) is 0 Å². The van der Waals surface area contributed by atoms with E-state index in [1.165, 1.54) is 11.7 Å². The molecule has 0 fully saturated rings. The molecule has 2 heterocycles. The lowest BCUT2D eigenvalue weighted by Gasteiger charge is -2.35. The van der Waals surface area contributed by atoms with Gasteiger partial charge in [0, 0.05) is 32.4 Å². The Morgan fingerprint density at radius 1 is 1.04 bits per heavy atom. The van der Waals surface area contributed by atoms with Gasteiger partial charge < -0.3 is 10.2 Å². The number of fused-ring (bicyclic) bond motifs is 2. The van der Waals surface area contributed by atoms with Gasteiger partial charge in [0.25, 0.3) is 11.5 Å². The number of nitrogens with one attached hydrogen (secondary N) is 1. The molecule has 2 aromatic carbocycles. The molecular weight excluding hydrogens is 356 g/mol. The summed E-state index contributed by atoms with van der Waals surface area (Å²) < 4.78 is 1.17. The molecule has 7 heteroatoms. The molecule has 1 aliphatic heterocycles. The van der Waals surface area contributed by atoms with Crippen LogP contribution in [0.5, 0.6) is 0 Å². The molecule has 0 saturated heterocycles.